The SMILES string of the molecule is CCC(C#N)(CC)C(=O)NCc1ccncn1. The van der Waals surface area contributed by atoms with Crippen LogP contribution in [0.1, 0.15) is 32.4 Å². The number of nitriles is 1. The Kier molecular flexibility index (Phi) is 4.58. The standard InChI is InChI=1S/C12H16N4O/c1-3-12(4-2,8-13)11(17)15-7-10-5-6-14-9-16-10/h5-6,9H,3-4,7H2,1-2H3,(H,15,17). The Balaban J connectivity index is 2.64. The van der Waals surface area contributed by atoms with Crippen LogP contribution in [0.3, 0.4) is 0 Å². The summed E-state index contributed by atoms with van der Waals surface area (Å²) in [5.41, 5.74) is -0.195. The molecule has 0 saturated carbocycles. The molecule has 0 saturated heterocycles. The van der Waals surface area contributed by atoms with Crippen LogP contribution in [-0.4, -0.2) is 15.9 Å². The van der Waals surface area contributed by atoms with Crippen LogP contribution in [0.4, 0.5) is 0 Å². The highest BCUT2D eigenvalue weighted by molar-refractivity contribution is 5.85. The Hall–Kier alpha value is -1.96. The highest BCUT2D eigenvalue weighted by atomic mass is 16.2. The van der Waals surface area contributed by atoms with Gasteiger partial charge in [-0.1, -0.05) is 13.8 Å². The molecule has 0 atom stereocenters. The summed E-state index contributed by atoms with van der Waals surface area (Å²) in [5, 5.41) is 11.8. The van der Waals surface area contributed by atoms with E-state index in [4.69, 9.17) is 5.26 Å². The summed E-state index contributed by atoms with van der Waals surface area (Å²) in [7, 11) is 0. The first-order valence-corrected chi connectivity index (χ1v) is 5.63. The van der Waals surface area contributed by atoms with Crippen molar-refractivity contribution in [2.75, 3.05) is 0 Å². The van der Waals surface area contributed by atoms with Gasteiger partial charge in [-0.3, -0.25) is 4.79 Å². The summed E-state index contributed by atoms with van der Waals surface area (Å²) in [6, 6.07) is 3.83. The van der Waals surface area contributed by atoms with Crippen LogP contribution >= 0.6 is 0 Å². The summed E-state index contributed by atoms with van der Waals surface area (Å²) < 4.78 is 0. The molecular formula is C12H16N4O. The van der Waals surface area contributed by atoms with Crippen LogP contribution in [-0.2, 0) is 11.3 Å². The van der Waals surface area contributed by atoms with E-state index in [-0.39, 0.29) is 5.91 Å². The molecule has 0 aliphatic rings. The van der Waals surface area contributed by atoms with Gasteiger partial charge in [0.2, 0.25) is 5.91 Å². The molecule has 1 amide bonds. The van der Waals surface area contributed by atoms with Crippen LogP contribution in [0.25, 0.3) is 0 Å². The summed E-state index contributed by atoms with van der Waals surface area (Å²) in [6.07, 6.45) is 4.07. The molecule has 1 rings (SSSR count). The first-order chi connectivity index (χ1) is 8.18. The molecule has 5 heteroatoms. The molecule has 0 aliphatic heterocycles. The van der Waals surface area contributed by atoms with E-state index in [0.29, 0.717) is 19.4 Å². The van der Waals surface area contributed by atoms with Gasteiger partial charge in [0.05, 0.1) is 18.3 Å². The van der Waals surface area contributed by atoms with E-state index in [1.807, 2.05) is 13.8 Å². The van der Waals surface area contributed by atoms with Crippen LogP contribution in [0.5, 0.6) is 0 Å². The number of hydrogen-bond acceptors (Lipinski definition) is 4. The van der Waals surface area contributed by atoms with E-state index in [2.05, 4.69) is 21.4 Å². The molecule has 0 bridgehead atoms. The number of nitrogens with zero attached hydrogens (tertiary/aromatic N) is 3. The molecule has 0 radical (unpaired) electrons. The molecular weight excluding hydrogens is 216 g/mol. The van der Waals surface area contributed by atoms with E-state index in [0.717, 1.165) is 5.69 Å². The maximum absolute atomic E-state index is 12.0. The fourth-order valence-electron chi connectivity index (χ4n) is 1.54. The highest BCUT2D eigenvalue weighted by Gasteiger charge is 2.34. The van der Waals surface area contributed by atoms with Gasteiger partial charge in [-0.2, -0.15) is 5.26 Å². The van der Waals surface area contributed by atoms with Crippen LogP contribution in [0, 0.1) is 16.7 Å². The molecule has 1 aromatic heterocycles. The first kappa shape index (κ1) is 13.1. The Morgan fingerprint density at radius 2 is 2.24 bits per heavy atom. The number of carbonyl (C=O) groups is 1. The molecule has 0 aromatic carbocycles. The van der Waals surface area contributed by atoms with Crippen molar-refractivity contribution in [1.82, 2.24) is 15.3 Å². The van der Waals surface area contributed by atoms with Gasteiger partial charge >= 0.3 is 0 Å². The van der Waals surface area contributed by atoms with Gasteiger partial charge < -0.3 is 5.32 Å². The van der Waals surface area contributed by atoms with Crippen molar-refractivity contribution in [3.63, 3.8) is 0 Å². The zero-order valence-corrected chi connectivity index (χ0v) is 10.1. The Bertz CT molecular complexity index is 406. The Morgan fingerprint density at radius 3 is 2.71 bits per heavy atom. The zero-order valence-electron chi connectivity index (χ0n) is 10.1. The molecule has 17 heavy (non-hydrogen) atoms. The third kappa shape index (κ3) is 3.00. The Labute approximate surface area is 101 Å². The average Bonchev–Trinajstić information content (AvgIpc) is 2.40. The lowest BCUT2D eigenvalue weighted by molar-refractivity contribution is -0.128. The summed E-state index contributed by atoms with van der Waals surface area (Å²) >= 11 is 0. The van der Waals surface area contributed by atoms with E-state index >= 15 is 0 Å². The monoisotopic (exact) mass is 232 g/mol. The maximum atomic E-state index is 12.0. The molecule has 5 nitrogen and oxygen atoms in total. The fourth-order valence-corrected chi connectivity index (χ4v) is 1.54. The van der Waals surface area contributed by atoms with Crippen molar-refractivity contribution >= 4 is 5.91 Å². The molecule has 1 heterocycles. The van der Waals surface area contributed by atoms with Gasteiger partial charge in [0.15, 0.2) is 0 Å². The second kappa shape index (κ2) is 5.94. The number of aromatic nitrogens is 2. The van der Waals surface area contributed by atoms with Crippen molar-refractivity contribution in [2.45, 2.75) is 33.2 Å². The lowest BCUT2D eigenvalue weighted by atomic mass is 9.83. The van der Waals surface area contributed by atoms with Crippen molar-refractivity contribution in [2.24, 2.45) is 5.41 Å². The first-order valence-electron chi connectivity index (χ1n) is 5.63. The predicted octanol–water partition coefficient (Wildman–Crippen LogP) is 1.42. The molecule has 1 N–H and O–H groups in total. The highest BCUT2D eigenvalue weighted by Crippen LogP contribution is 2.25. The second-order valence-electron chi connectivity index (χ2n) is 3.78. The summed E-state index contributed by atoms with van der Waals surface area (Å²) in [5.74, 6) is -0.233. The lowest BCUT2D eigenvalue weighted by Crippen LogP contribution is -2.39. The van der Waals surface area contributed by atoms with Crippen molar-refractivity contribution in [3.05, 3.63) is 24.3 Å². The van der Waals surface area contributed by atoms with Gasteiger partial charge in [0.25, 0.3) is 0 Å². The fraction of sp³-hybridized carbons (Fsp3) is 0.500. The normalized spacial score (nSPS) is 10.6. The predicted molar refractivity (Wildman–Crippen MR) is 62.5 cm³/mol. The minimum Gasteiger partial charge on any atom is -0.349 e. The van der Waals surface area contributed by atoms with Gasteiger partial charge in [0, 0.05) is 6.20 Å². The number of amides is 1. The van der Waals surface area contributed by atoms with E-state index in [1.165, 1.54) is 6.33 Å². The number of carbonyl (C=O) groups excluding carboxylic acids is 1. The van der Waals surface area contributed by atoms with Crippen LogP contribution in [0.15, 0.2) is 18.6 Å². The molecule has 0 fully saturated rings. The zero-order chi connectivity index (χ0) is 12.7. The number of hydrogen-bond donors (Lipinski definition) is 1. The van der Waals surface area contributed by atoms with Crippen LogP contribution in [0.2, 0.25) is 0 Å². The molecule has 0 aliphatic carbocycles. The lowest BCUT2D eigenvalue weighted by Gasteiger charge is -2.21. The largest absolute Gasteiger partial charge is 0.349 e. The average molecular weight is 232 g/mol. The third-order valence-corrected chi connectivity index (χ3v) is 2.93. The quantitative estimate of drug-likeness (QED) is 0.832. The third-order valence-electron chi connectivity index (χ3n) is 2.93. The minimum atomic E-state index is -0.924. The van der Waals surface area contributed by atoms with Crippen molar-refractivity contribution in [1.29, 1.82) is 5.26 Å². The van der Waals surface area contributed by atoms with Crippen LogP contribution < -0.4 is 5.32 Å². The van der Waals surface area contributed by atoms with Gasteiger partial charge in [-0.05, 0) is 18.9 Å². The maximum Gasteiger partial charge on any atom is 0.240 e. The van der Waals surface area contributed by atoms with E-state index in [9.17, 15) is 4.79 Å². The van der Waals surface area contributed by atoms with Gasteiger partial charge in [0.1, 0.15) is 11.7 Å². The molecule has 0 unspecified atom stereocenters. The minimum absolute atomic E-state index is 0.233. The Morgan fingerprint density at radius 1 is 1.53 bits per heavy atom. The molecule has 1 aromatic rings. The van der Waals surface area contributed by atoms with E-state index in [1.54, 1.807) is 12.3 Å². The number of rotatable bonds is 5. The second-order valence-corrected chi connectivity index (χ2v) is 3.78. The molecule has 0 spiro atoms. The van der Waals surface area contributed by atoms with Crippen molar-refractivity contribution < 1.29 is 4.79 Å². The smallest absolute Gasteiger partial charge is 0.240 e. The topological polar surface area (TPSA) is 78.7 Å². The summed E-state index contributed by atoms with van der Waals surface area (Å²) in [4.78, 5) is 19.7. The number of nitrogens with one attached hydrogen (secondary N) is 1. The van der Waals surface area contributed by atoms with E-state index < -0.39 is 5.41 Å². The van der Waals surface area contributed by atoms with Gasteiger partial charge in [-0.25, -0.2) is 9.97 Å². The summed E-state index contributed by atoms with van der Waals surface area (Å²) in [6.45, 7) is 4.01. The molecule has 90 valence electrons. The van der Waals surface area contributed by atoms with Crippen molar-refractivity contribution in [3.8, 4) is 6.07 Å². The van der Waals surface area contributed by atoms with Gasteiger partial charge in [-0.15, -0.1) is 0 Å².